The molecule has 1 aromatic carbocycles. The van der Waals surface area contributed by atoms with Gasteiger partial charge in [-0.3, -0.25) is 0 Å². The van der Waals surface area contributed by atoms with Crippen LogP contribution in [0.3, 0.4) is 0 Å². The highest BCUT2D eigenvalue weighted by atomic mass is 15.1. The maximum absolute atomic E-state index is 4.31. The molecular formula is C15H21N3. The van der Waals surface area contributed by atoms with Gasteiger partial charge in [0.1, 0.15) is 5.82 Å². The highest BCUT2D eigenvalue weighted by Crippen LogP contribution is 2.14. The zero-order valence-electron chi connectivity index (χ0n) is 11.4. The number of nitrogens with zero attached hydrogens (tertiary/aromatic N) is 2. The van der Waals surface area contributed by atoms with Crippen molar-refractivity contribution in [3.63, 3.8) is 0 Å². The molecule has 0 bridgehead atoms. The van der Waals surface area contributed by atoms with Gasteiger partial charge in [0.05, 0.1) is 6.54 Å². The zero-order valence-corrected chi connectivity index (χ0v) is 11.4. The van der Waals surface area contributed by atoms with Crippen LogP contribution in [0.5, 0.6) is 0 Å². The lowest BCUT2D eigenvalue weighted by Gasteiger charge is -2.14. The summed E-state index contributed by atoms with van der Waals surface area (Å²) in [7, 11) is 2.02. The molecule has 0 amide bonds. The van der Waals surface area contributed by atoms with Gasteiger partial charge in [0.2, 0.25) is 0 Å². The molecule has 2 aromatic rings. The molecule has 3 heteroatoms. The number of hydrogen-bond donors (Lipinski definition) is 1. The van der Waals surface area contributed by atoms with Crippen molar-refractivity contribution in [1.82, 2.24) is 14.9 Å². The fourth-order valence-corrected chi connectivity index (χ4v) is 1.97. The van der Waals surface area contributed by atoms with Crippen LogP contribution >= 0.6 is 0 Å². The standard InChI is InChI=1S/C15H21N3/c1-4-13-5-7-14(8-6-13)12(2)17-11-15-16-9-10-18(15)3/h5-10,12,17H,4,11H2,1-3H3/t12-/m0/s1. The third-order valence-electron chi connectivity index (χ3n) is 3.38. The summed E-state index contributed by atoms with van der Waals surface area (Å²) in [5.41, 5.74) is 2.71. The second-order valence-electron chi connectivity index (χ2n) is 4.65. The third-order valence-corrected chi connectivity index (χ3v) is 3.38. The highest BCUT2D eigenvalue weighted by Gasteiger charge is 2.06. The number of hydrogen-bond acceptors (Lipinski definition) is 2. The summed E-state index contributed by atoms with van der Waals surface area (Å²) in [6, 6.07) is 9.15. The molecule has 2 rings (SSSR count). The van der Waals surface area contributed by atoms with Crippen LogP contribution in [0.25, 0.3) is 0 Å². The van der Waals surface area contributed by atoms with E-state index < -0.39 is 0 Å². The maximum atomic E-state index is 4.31. The van der Waals surface area contributed by atoms with Crippen molar-refractivity contribution in [3.05, 3.63) is 53.6 Å². The van der Waals surface area contributed by atoms with Crippen molar-refractivity contribution in [3.8, 4) is 0 Å². The van der Waals surface area contributed by atoms with Gasteiger partial charge in [-0.15, -0.1) is 0 Å². The Morgan fingerprint density at radius 1 is 1.28 bits per heavy atom. The van der Waals surface area contributed by atoms with Crippen LogP contribution in [-0.4, -0.2) is 9.55 Å². The van der Waals surface area contributed by atoms with E-state index in [9.17, 15) is 0 Å². The largest absolute Gasteiger partial charge is 0.337 e. The van der Waals surface area contributed by atoms with E-state index in [1.54, 1.807) is 0 Å². The van der Waals surface area contributed by atoms with Gasteiger partial charge in [-0.25, -0.2) is 4.98 Å². The average Bonchev–Trinajstić information content (AvgIpc) is 2.81. The minimum Gasteiger partial charge on any atom is -0.337 e. The Hall–Kier alpha value is -1.61. The number of benzene rings is 1. The van der Waals surface area contributed by atoms with E-state index in [-0.39, 0.29) is 0 Å². The van der Waals surface area contributed by atoms with E-state index in [1.165, 1.54) is 11.1 Å². The first-order valence-corrected chi connectivity index (χ1v) is 6.49. The number of aromatic nitrogens is 2. The Kier molecular flexibility index (Phi) is 4.15. The van der Waals surface area contributed by atoms with Crippen molar-refractivity contribution >= 4 is 0 Å². The molecule has 1 heterocycles. The molecule has 0 spiro atoms. The normalized spacial score (nSPS) is 12.6. The van der Waals surface area contributed by atoms with Crippen LogP contribution in [0.1, 0.15) is 36.8 Å². The first-order valence-electron chi connectivity index (χ1n) is 6.49. The lowest BCUT2D eigenvalue weighted by atomic mass is 10.1. The number of imidazole rings is 1. The van der Waals surface area contributed by atoms with Gasteiger partial charge < -0.3 is 9.88 Å². The third kappa shape index (κ3) is 2.99. The minimum atomic E-state index is 0.340. The molecule has 0 fully saturated rings. The molecule has 0 aliphatic carbocycles. The smallest absolute Gasteiger partial charge is 0.122 e. The Labute approximate surface area is 109 Å². The zero-order chi connectivity index (χ0) is 13.0. The second kappa shape index (κ2) is 5.83. The van der Waals surface area contributed by atoms with Crippen molar-refractivity contribution in [2.24, 2.45) is 7.05 Å². The van der Waals surface area contributed by atoms with Gasteiger partial charge >= 0.3 is 0 Å². The molecule has 1 atom stereocenters. The lowest BCUT2D eigenvalue weighted by Crippen LogP contribution is -2.20. The van der Waals surface area contributed by atoms with Crippen molar-refractivity contribution in [2.45, 2.75) is 32.9 Å². The summed E-state index contributed by atoms with van der Waals surface area (Å²) in [6.07, 6.45) is 4.89. The first-order chi connectivity index (χ1) is 8.70. The molecule has 0 radical (unpaired) electrons. The summed E-state index contributed by atoms with van der Waals surface area (Å²) < 4.78 is 2.04. The van der Waals surface area contributed by atoms with Crippen molar-refractivity contribution < 1.29 is 0 Å². The molecular weight excluding hydrogens is 222 g/mol. The molecule has 0 saturated carbocycles. The fraction of sp³-hybridized carbons (Fsp3) is 0.400. The Balaban J connectivity index is 1.94. The highest BCUT2D eigenvalue weighted by molar-refractivity contribution is 5.24. The van der Waals surface area contributed by atoms with E-state index >= 15 is 0 Å². The topological polar surface area (TPSA) is 29.9 Å². The van der Waals surface area contributed by atoms with Crippen LogP contribution in [-0.2, 0) is 20.0 Å². The molecule has 0 saturated heterocycles. The number of rotatable bonds is 5. The van der Waals surface area contributed by atoms with Crippen molar-refractivity contribution in [2.75, 3.05) is 0 Å². The summed E-state index contributed by atoms with van der Waals surface area (Å²) in [4.78, 5) is 4.31. The Morgan fingerprint density at radius 3 is 2.56 bits per heavy atom. The van der Waals surface area contributed by atoms with E-state index in [0.29, 0.717) is 6.04 Å². The Bertz CT molecular complexity index is 485. The molecule has 1 aromatic heterocycles. The number of aryl methyl sites for hydroxylation is 2. The summed E-state index contributed by atoms with van der Waals surface area (Å²) in [5, 5.41) is 3.50. The van der Waals surface area contributed by atoms with E-state index in [1.807, 2.05) is 24.0 Å². The van der Waals surface area contributed by atoms with Crippen LogP contribution in [0.2, 0.25) is 0 Å². The molecule has 1 N–H and O–H groups in total. The van der Waals surface area contributed by atoms with Crippen LogP contribution in [0.4, 0.5) is 0 Å². The van der Waals surface area contributed by atoms with Crippen LogP contribution < -0.4 is 5.32 Å². The SMILES string of the molecule is CCc1ccc([C@H](C)NCc2nccn2C)cc1. The summed E-state index contributed by atoms with van der Waals surface area (Å²) >= 11 is 0. The minimum absolute atomic E-state index is 0.340. The Morgan fingerprint density at radius 2 is 2.00 bits per heavy atom. The predicted molar refractivity (Wildman–Crippen MR) is 74.3 cm³/mol. The summed E-state index contributed by atoms with van der Waals surface area (Å²) in [6.45, 7) is 5.15. The van der Waals surface area contributed by atoms with Gasteiger partial charge in [-0.2, -0.15) is 0 Å². The molecule has 0 aliphatic heterocycles. The van der Waals surface area contributed by atoms with Gasteiger partial charge in [0.15, 0.2) is 0 Å². The first kappa shape index (κ1) is 12.8. The predicted octanol–water partition coefficient (Wildman–Crippen LogP) is 2.83. The van der Waals surface area contributed by atoms with Crippen LogP contribution in [0.15, 0.2) is 36.7 Å². The van der Waals surface area contributed by atoms with Gasteiger partial charge in [0, 0.05) is 25.5 Å². The molecule has 96 valence electrons. The average molecular weight is 243 g/mol. The molecule has 0 unspecified atom stereocenters. The van der Waals surface area contributed by atoms with Crippen LogP contribution in [0, 0.1) is 0 Å². The quantitative estimate of drug-likeness (QED) is 0.875. The van der Waals surface area contributed by atoms with E-state index in [4.69, 9.17) is 0 Å². The second-order valence-corrected chi connectivity index (χ2v) is 4.65. The number of nitrogens with one attached hydrogen (secondary N) is 1. The van der Waals surface area contributed by atoms with E-state index in [0.717, 1.165) is 18.8 Å². The van der Waals surface area contributed by atoms with Gasteiger partial charge in [-0.05, 0) is 24.5 Å². The van der Waals surface area contributed by atoms with E-state index in [2.05, 4.69) is 48.4 Å². The van der Waals surface area contributed by atoms with Crippen molar-refractivity contribution in [1.29, 1.82) is 0 Å². The van der Waals surface area contributed by atoms with Gasteiger partial charge in [0.25, 0.3) is 0 Å². The maximum Gasteiger partial charge on any atom is 0.122 e. The molecule has 18 heavy (non-hydrogen) atoms. The fourth-order valence-electron chi connectivity index (χ4n) is 1.97. The lowest BCUT2D eigenvalue weighted by molar-refractivity contribution is 0.549. The van der Waals surface area contributed by atoms with Gasteiger partial charge in [-0.1, -0.05) is 31.2 Å². The molecule has 3 nitrogen and oxygen atoms in total. The molecule has 0 aliphatic rings. The monoisotopic (exact) mass is 243 g/mol. The summed E-state index contributed by atoms with van der Waals surface area (Å²) in [5.74, 6) is 1.06.